The maximum absolute atomic E-state index is 5.67. The van der Waals surface area contributed by atoms with Crippen molar-refractivity contribution in [1.82, 2.24) is 25.3 Å². The molecule has 30 heavy (non-hydrogen) atoms. The van der Waals surface area contributed by atoms with E-state index in [0.717, 1.165) is 36.7 Å². The fraction of sp³-hybridized carbons (Fsp3) is 0.524. The van der Waals surface area contributed by atoms with Crippen LogP contribution in [0.25, 0.3) is 0 Å². The molecule has 0 spiro atoms. The third kappa shape index (κ3) is 4.16. The third-order valence-corrected chi connectivity index (χ3v) is 5.88. The molecule has 0 radical (unpaired) electrons. The van der Waals surface area contributed by atoms with Gasteiger partial charge < -0.3 is 19.9 Å². The number of aromatic amines is 1. The van der Waals surface area contributed by atoms with Crippen molar-refractivity contribution in [3.8, 4) is 0 Å². The van der Waals surface area contributed by atoms with Gasteiger partial charge in [-0.3, -0.25) is 5.10 Å². The van der Waals surface area contributed by atoms with Crippen molar-refractivity contribution in [1.29, 1.82) is 0 Å². The fourth-order valence-electron chi connectivity index (χ4n) is 4.21. The minimum Gasteiger partial charge on any atom is -0.372 e. The Hall–Kier alpha value is -2.94. The van der Waals surface area contributed by atoms with Crippen LogP contribution in [0.2, 0.25) is 0 Å². The number of nitrogens with one attached hydrogen (secondary N) is 3. The maximum Gasteiger partial charge on any atom is 0.225 e. The summed E-state index contributed by atoms with van der Waals surface area (Å²) in [5.41, 5.74) is 2.05. The summed E-state index contributed by atoms with van der Waals surface area (Å²) in [6.45, 7) is 2.78. The monoisotopic (exact) mass is 409 g/mol. The average Bonchev–Trinajstić information content (AvgIpc) is 3.56. The van der Waals surface area contributed by atoms with Crippen molar-refractivity contribution < 1.29 is 9.26 Å². The Balaban J connectivity index is 1.22. The molecule has 2 atom stereocenters. The highest BCUT2D eigenvalue weighted by Crippen LogP contribution is 2.34. The van der Waals surface area contributed by atoms with E-state index in [1.165, 1.54) is 31.4 Å². The van der Waals surface area contributed by atoms with Crippen LogP contribution in [0.5, 0.6) is 0 Å². The van der Waals surface area contributed by atoms with Crippen molar-refractivity contribution in [3.05, 3.63) is 41.5 Å². The maximum atomic E-state index is 5.67. The molecule has 2 aliphatic rings. The lowest BCUT2D eigenvalue weighted by atomic mass is 10.0. The molecule has 1 saturated heterocycles. The number of aromatic nitrogens is 5. The van der Waals surface area contributed by atoms with Gasteiger partial charge in [0.05, 0.1) is 6.04 Å². The lowest BCUT2D eigenvalue weighted by Crippen LogP contribution is -2.09. The second-order valence-electron chi connectivity index (χ2n) is 8.10. The quantitative estimate of drug-likeness (QED) is 0.518. The minimum absolute atomic E-state index is 0.0430. The molecule has 3 N–H and O–H groups in total. The predicted molar refractivity (Wildman–Crippen MR) is 112 cm³/mol. The smallest absolute Gasteiger partial charge is 0.225 e. The molecule has 2 unspecified atom stereocenters. The van der Waals surface area contributed by atoms with Gasteiger partial charge in [-0.1, -0.05) is 18.0 Å². The standard InChI is InChI=1S/C21H27N7O2/c1-13(18-11-16(28-30-18)17-7-4-10-29-17)23-21-22-9-8-19(25-21)24-20-12-15(26-27-20)14-5-2-3-6-14/h8-9,11-14,17H,2-7,10H2,1H3,(H3,22,23,24,25,26,27). The minimum atomic E-state index is -0.123. The average molecular weight is 409 g/mol. The van der Waals surface area contributed by atoms with E-state index in [2.05, 4.69) is 42.0 Å². The van der Waals surface area contributed by atoms with Crippen LogP contribution >= 0.6 is 0 Å². The Labute approximate surface area is 175 Å². The van der Waals surface area contributed by atoms with Gasteiger partial charge >= 0.3 is 0 Å². The Morgan fingerprint density at radius 3 is 2.87 bits per heavy atom. The van der Waals surface area contributed by atoms with Crippen molar-refractivity contribution in [2.75, 3.05) is 17.2 Å². The molecule has 0 bridgehead atoms. The second-order valence-corrected chi connectivity index (χ2v) is 8.10. The highest BCUT2D eigenvalue weighted by Gasteiger charge is 2.23. The predicted octanol–water partition coefficient (Wildman–Crippen LogP) is 4.61. The van der Waals surface area contributed by atoms with Gasteiger partial charge in [-0.05, 0) is 38.7 Å². The van der Waals surface area contributed by atoms with Crippen LogP contribution in [0.1, 0.15) is 80.7 Å². The molecule has 5 rings (SSSR count). The van der Waals surface area contributed by atoms with E-state index in [0.29, 0.717) is 17.7 Å². The summed E-state index contributed by atoms with van der Waals surface area (Å²) in [5, 5.41) is 18.2. The Bertz CT molecular complexity index is 973. The highest BCUT2D eigenvalue weighted by molar-refractivity contribution is 5.53. The van der Waals surface area contributed by atoms with E-state index in [1.54, 1.807) is 6.20 Å². The summed E-state index contributed by atoms with van der Waals surface area (Å²) in [7, 11) is 0. The van der Waals surface area contributed by atoms with E-state index in [4.69, 9.17) is 9.26 Å². The third-order valence-electron chi connectivity index (χ3n) is 5.88. The van der Waals surface area contributed by atoms with Crippen molar-refractivity contribution in [2.45, 2.75) is 63.5 Å². The first-order valence-electron chi connectivity index (χ1n) is 10.7. The Morgan fingerprint density at radius 2 is 2.03 bits per heavy atom. The van der Waals surface area contributed by atoms with Gasteiger partial charge in [-0.15, -0.1) is 0 Å². The number of anilines is 3. The van der Waals surface area contributed by atoms with Gasteiger partial charge in [0.2, 0.25) is 5.95 Å². The van der Waals surface area contributed by atoms with E-state index >= 15 is 0 Å². The number of ether oxygens (including phenoxy) is 1. The second kappa shape index (κ2) is 8.43. The summed E-state index contributed by atoms with van der Waals surface area (Å²) in [5.74, 6) is 3.29. The van der Waals surface area contributed by atoms with Crippen LogP contribution in [0.3, 0.4) is 0 Å². The largest absolute Gasteiger partial charge is 0.372 e. The van der Waals surface area contributed by atoms with Gasteiger partial charge in [0, 0.05) is 36.5 Å². The van der Waals surface area contributed by atoms with Crippen LogP contribution in [0.4, 0.5) is 17.6 Å². The van der Waals surface area contributed by atoms with Gasteiger partial charge in [0.1, 0.15) is 17.6 Å². The topological polar surface area (TPSA) is 114 Å². The number of hydrogen-bond acceptors (Lipinski definition) is 8. The first-order valence-corrected chi connectivity index (χ1v) is 10.7. The summed E-state index contributed by atoms with van der Waals surface area (Å²) in [6, 6.07) is 5.73. The molecule has 0 amide bonds. The molecule has 4 heterocycles. The fourth-order valence-corrected chi connectivity index (χ4v) is 4.21. The highest BCUT2D eigenvalue weighted by atomic mass is 16.5. The molecular formula is C21H27N7O2. The van der Waals surface area contributed by atoms with Crippen LogP contribution in [0.15, 0.2) is 28.9 Å². The van der Waals surface area contributed by atoms with Crippen LogP contribution < -0.4 is 10.6 Å². The molecule has 2 fully saturated rings. The van der Waals surface area contributed by atoms with Crippen molar-refractivity contribution >= 4 is 17.6 Å². The normalized spacial score (nSPS) is 20.5. The Morgan fingerprint density at radius 1 is 1.13 bits per heavy atom. The van der Waals surface area contributed by atoms with Crippen LogP contribution in [-0.4, -0.2) is 31.9 Å². The van der Waals surface area contributed by atoms with E-state index in [9.17, 15) is 0 Å². The van der Waals surface area contributed by atoms with Gasteiger partial charge in [-0.2, -0.15) is 10.1 Å². The summed E-state index contributed by atoms with van der Waals surface area (Å²) in [6.07, 6.45) is 8.87. The van der Waals surface area contributed by atoms with Crippen molar-refractivity contribution in [2.24, 2.45) is 0 Å². The van der Waals surface area contributed by atoms with Gasteiger partial charge in [-0.25, -0.2) is 4.98 Å². The van der Waals surface area contributed by atoms with Gasteiger partial charge in [0.15, 0.2) is 11.6 Å². The SMILES string of the molecule is CC(Nc1nccc(Nc2cc(C3CCCC3)[nH]n2)n1)c1cc(C2CCCO2)no1. The zero-order valence-electron chi connectivity index (χ0n) is 17.1. The molecule has 1 aliphatic carbocycles. The van der Waals surface area contributed by atoms with E-state index in [-0.39, 0.29) is 12.1 Å². The molecular weight excluding hydrogens is 382 g/mol. The number of hydrogen-bond donors (Lipinski definition) is 3. The summed E-state index contributed by atoms with van der Waals surface area (Å²) in [4.78, 5) is 8.87. The van der Waals surface area contributed by atoms with Crippen LogP contribution in [0, 0.1) is 0 Å². The lowest BCUT2D eigenvalue weighted by Gasteiger charge is -2.11. The first kappa shape index (κ1) is 19.0. The van der Waals surface area contributed by atoms with E-state index < -0.39 is 0 Å². The van der Waals surface area contributed by atoms with E-state index in [1.807, 2.05) is 19.1 Å². The molecule has 0 aromatic carbocycles. The zero-order valence-corrected chi connectivity index (χ0v) is 17.1. The summed E-state index contributed by atoms with van der Waals surface area (Å²) >= 11 is 0. The number of rotatable bonds is 7. The first-order chi connectivity index (χ1) is 14.7. The lowest BCUT2D eigenvalue weighted by molar-refractivity contribution is 0.105. The molecule has 9 nitrogen and oxygen atoms in total. The van der Waals surface area contributed by atoms with Crippen molar-refractivity contribution in [3.63, 3.8) is 0 Å². The molecule has 1 saturated carbocycles. The zero-order chi connectivity index (χ0) is 20.3. The molecule has 9 heteroatoms. The number of H-pyrrole nitrogens is 1. The molecule has 1 aliphatic heterocycles. The number of nitrogens with zero attached hydrogens (tertiary/aromatic N) is 4. The van der Waals surface area contributed by atoms with Gasteiger partial charge in [0.25, 0.3) is 0 Å². The molecule has 158 valence electrons. The molecule has 3 aromatic heterocycles. The Kier molecular flexibility index (Phi) is 5.35. The van der Waals surface area contributed by atoms with Crippen LogP contribution in [-0.2, 0) is 4.74 Å². The molecule has 3 aromatic rings. The summed E-state index contributed by atoms with van der Waals surface area (Å²) < 4.78 is 11.2.